The minimum atomic E-state index is -0.846. The van der Waals surface area contributed by atoms with Gasteiger partial charge in [0, 0.05) is 26.2 Å². The number of furan rings is 1. The van der Waals surface area contributed by atoms with Crippen LogP contribution >= 0.6 is 0 Å². The maximum Gasteiger partial charge on any atom is 0.322 e. The second kappa shape index (κ2) is 10.5. The number of rotatable bonds is 4. The molecular weight excluding hydrogens is 487 g/mol. The van der Waals surface area contributed by atoms with Crippen LogP contribution < -0.4 is 30.9 Å². The van der Waals surface area contributed by atoms with Gasteiger partial charge in [-0.3, -0.25) is 19.7 Å². The number of amides is 5. The fraction of sp³-hybridized carbons (Fsp3) is 0.292. The third-order valence-corrected chi connectivity index (χ3v) is 5.79. The monoisotopic (exact) mass is 512 g/mol. The van der Waals surface area contributed by atoms with Crippen molar-refractivity contribution in [2.24, 2.45) is 0 Å². The number of carbonyl (C=O) groups excluding carboxylic acids is 4. The third kappa shape index (κ3) is 5.29. The molecule has 13 heteroatoms. The summed E-state index contributed by atoms with van der Waals surface area (Å²) in [6.45, 7) is 3.18. The highest BCUT2D eigenvalue weighted by Crippen LogP contribution is 2.27. The lowest BCUT2D eigenvalue weighted by Crippen LogP contribution is -2.48. The number of imide groups is 1. The predicted octanol–water partition coefficient (Wildman–Crippen LogP) is 1.15. The number of aryl methyl sites for hydroxylation is 1. The van der Waals surface area contributed by atoms with Crippen LogP contribution in [0.2, 0.25) is 0 Å². The normalized spacial score (nSPS) is 16.9. The number of hydrogen-bond acceptors (Lipinski definition) is 8. The maximum absolute atomic E-state index is 13.6. The molecule has 5 rings (SSSR count). The summed E-state index contributed by atoms with van der Waals surface area (Å²) in [5.74, 6) is -0.498. The molecule has 0 saturated carbocycles. The third-order valence-electron chi connectivity index (χ3n) is 5.79. The Morgan fingerprint density at radius 1 is 1.24 bits per heavy atom. The van der Waals surface area contributed by atoms with Crippen LogP contribution in [0.1, 0.15) is 27.7 Å². The van der Waals surface area contributed by atoms with E-state index in [0.29, 0.717) is 41.3 Å². The van der Waals surface area contributed by atoms with Gasteiger partial charge in [0.25, 0.3) is 11.8 Å². The Balaban J connectivity index is 0.000000197. The molecule has 2 aromatic heterocycles. The van der Waals surface area contributed by atoms with Gasteiger partial charge in [-0.15, -0.1) is 0 Å². The number of methoxy groups -OCH3 is 1. The van der Waals surface area contributed by atoms with Gasteiger partial charge in [0.15, 0.2) is 23.2 Å². The molecule has 4 heterocycles. The van der Waals surface area contributed by atoms with E-state index in [1.807, 2.05) is 4.90 Å². The molecule has 2 aliphatic rings. The molecule has 2 aliphatic heterocycles. The highest BCUT2D eigenvalue weighted by atomic mass is 19.1. The van der Waals surface area contributed by atoms with Gasteiger partial charge in [-0.25, -0.2) is 14.2 Å². The van der Waals surface area contributed by atoms with Gasteiger partial charge in [0.1, 0.15) is 17.1 Å². The number of hydrogen-bond donors (Lipinski definition) is 4. The number of nitrogens with one attached hydrogen (secondary N) is 4. The van der Waals surface area contributed by atoms with E-state index in [4.69, 9.17) is 9.15 Å². The Kier molecular flexibility index (Phi) is 7.22. The lowest BCUT2D eigenvalue weighted by molar-refractivity contribution is -0.121. The summed E-state index contributed by atoms with van der Waals surface area (Å²) in [6.07, 6.45) is 0. The van der Waals surface area contributed by atoms with Crippen LogP contribution in [-0.2, 0) is 9.59 Å². The zero-order valence-corrected chi connectivity index (χ0v) is 20.3. The number of nitrogens with zero attached hydrogens (tertiary/aromatic N) is 2. The van der Waals surface area contributed by atoms with Crippen molar-refractivity contribution in [3.8, 4) is 5.75 Å². The molecule has 1 unspecified atom stereocenters. The van der Waals surface area contributed by atoms with Gasteiger partial charge in [0.2, 0.25) is 5.91 Å². The Labute approximate surface area is 210 Å². The molecule has 1 atom stereocenters. The van der Waals surface area contributed by atoms with Crippen molar-refractivity contribution in [2.75, 3.05) is 38.7 Å². The summed E-state index contributed by atoms with van der Waals surface area (Å²) >= 11 is 0. The van der Waals surface area contributed by atoms with Crippen LogP contribution in [0.4, 0.5) is 15.0 Å². The predicted molar refractivity (Wildman–Crippen MR) is 130 cm³/mol. The average molecular weight is 512 g/mol. The van der Waals surface area contributed by atoms with Crippen LogP contribution in [-0.4, -0.2) is 62.5 Å². The van der Waals surface area contributed by atoms with Gasteiger partial charge < -0.3 is 30.0 Å². The molecule has 2 saturated heterocycles. The topological polar surface area (TPSA) is 155 Å². The summed E-state index contributed by atoms with van der Waals surface area (Å²) in [4.78, 5) is 52.0. The van der Waals surface area contributed by atoms with Gasteiger partial charge in [-0.05, 0) is 30.7 Å². The first-order valence-electron chi connectivity index (χ1n) is 11.3. The van der Waals surface area contributed by atoms with Gasteiger partial charge in [0.05, 0.1) is 19.2 Å². The van der Waals surface area contributed by atoms with Crippen molar-refractivity contribution < 1.29 is 32.7 Å². The first kappa shape index (κ1) is 25.4. The first-order valence-corrected chi connectivity index (χ1v) is 11.3. The molecule has 3 aromatic rings. The van der Waals surface area contributed by atoms with Crippen LogP contribution in [0.5, 0.6) is 5.75 Å². The minimum absolute atomic E-state index is 0.0341. The van der Waals surface area contributed by atoms with Crippen molar-refractivity contribution in [3.63, 3.8) is 0 Å². The van der Waals surface area contributed by atoms with E-state index in [9.17, 15) is 23.6 Å². The number of urea groups is 1. The fourth-order valence-corrected chi connectivity index (χ4v) is 3.92. The van der Waals surface area contributed by atoms with Gasteiger partial charge in [-0.2, -0.15) is 0 Å². The molecule has 0 radical (unpaired) electrons. The smallest absolute Gasteiger partial charge is 0.322 e. The molecule has 12 nitrogen and oxygen atoms in total. The zero-order chi connectivity index (χ0) is 26.7. The molecular formula is C24H25FN6O6. The maximum atomic E-state index is 13.6. The SMILES string of the molecule is CNC(=O)c1c(C)ccc(OC)c1F.O=C1CN(c2ccc3oc(C4NC(=O)NC4=O)cc3n2)CCN1. The zero-order valence-electron chi connectivity index (χ0n) is 20.3. The quantitative estimate of drug-likeness (QED) is 0.380. The molecule has 4 N–H and O–H groups in total. The molecule has 0 spiro atoms. The van der Waals surface area contributed by atoms with E-state index in [-0.39, 0.29) is 23.8 Å². The second-order valence-corrected chi connectivity index (χ2v) is 8.22. The van der Waals surface area contributed by atoms with Crippen LogP contribution in [0.3, 0.4) is 0 Å². The largest absolute Gasteiger partial charge is 0.494 e. The number of benzene rings is 1. The lowest BCUT2D eigenvalue weighted by atomic mass is 10.1. The van der Waals surface area contributed by atoms with Crippen LogP contribution in [0.25, 0.3) is 11.1 Å². The number of anilines is 1. The summed E-state index contributed by atoms with van der Waals surface area (Å²) in [7, 11) is 2.82. The van der Waals surface area contributed by atoms with E-state index in [0.717, 1.165) is 0 Å². The van der Waals surface area contributed by atoms with Crippen molar-refractivity contribution >= 4 is 40.7 Å². The molecule has 0 aliphatic carbocycles. The summed E-state index contributed by atoms with van der Waals surface area (Å²) in [6, 6.07) is 6.88. The highest BCUT2D eigenvalue weighted by molar-refractivity contribution is 6.04. The number of fused-ring (bicyclic) bond motifs is 1. The summed E-state index contributed by atoms with van der Waals surface area (Å²) in [5.41, 5.74) is 1.70. The summed E-state index contributed by atoms with van der Waals surface area (Å²) in [5, 5.41) is 9.77. The van der Waals surface area contributed by atoms with Crippen LogP contribution in [0.15, 0.2) is 34.7 Å². The van der Waals surface area contributed by atoms with E-state index >= 15 is 0 Å². The fourth-order valence-electron chi connectivity index (χ4n) is 3.92. The standard InChI is InChI=1S/C14H13N5O4.C10H12FNO2/c20-11-6-19(4-3-15-11)10-2-1-8-7(16-10)5-9(23-8)12-13(21)18-14(22)17-12;1-6-4-5-7(14-3)9(11)8(6)10(13)12-2/h1-2,5,12H,3-4,6H2,(H,15,20)(H2,17,18,21,22);4-5H,1-3H3,(H,12,13). The second-order valence-electron chi connectivity index (χ2n) is 8.22. The number of piperazine rings is 1. The Morgan fingerprint density at radius 2 is 2.03 bits per heavy atom. The van der Waals surface area contributed by atoms with Gasteiger partial charge >= 0.3 is 6.03 Å². The van der Waals surface area contributed by atoms with Crippen molar-refractivity contribution in [3.05, 3.63) is 53.0 Å². The van der Waals surface area contributed by atoms with E-state index in [1.54, 1.807) is 31.2 Å². The molecule has 1 aromatic carbocycles. The number of pyridine rings is 1. The summed E-state index contributed by atoms with van der Waals surface area (Å²) < 4.78 is 24.0. The molecule has 37 heavy (non-hydrogen) atoms. The minimum Gasteiger partial charge on any atom is -0.494 e. The van der Waals surface area contributed by atoms with Gasteiger partial charge in [-0.1, -0.05) is 6.07 Å². The van der Waals surface area contributed by atoms with Crippen LogP contribution in [0, 0.1) is 12.7 Å². The van der Waals surface area contributed by atoms with Crippen molar-refractivity contribution in [2.45, 2.75) is 13.0 Å². The van der Waals surface area contributed by atoms with E-state index in [2.05, 4.69) is 26.3 Å². The Morgan fingerprint density at radius 3 is 2.68 bits per heavy atom. The molecule has 2 fully saturated rings. The average Bonchev–Trinajstić information content (AvgIpc) is 3.45. The van der Waals surface area contributed by atoms with Crippen molar-refractivity contribution in [1.82, 2.24) is 26.3 Å². The first-order chi connectivity index (χ1) is 17.7. The van der Waals surface area contributed by atoms with Crippen molar-refractivity contribution in [1.29, 1.82) is 0 Å². The number of halogens is 1. The molecule has 194 valence electrons. The number of aromatic nitrogens is 1. The molecule has 5 amide bonds. The Hall–Kier alpha value is -4.68. The molecule has 0 bridgehead atoms. The Bertz CT molecular complexity index is 1390. The number of carbonyl (C=O) groups is 4. The number of ether oxygens (including phenoxy) is 1. The van der Waals surface area contributed by atoms with E-state index < -0.39 is 29.7 Å². The van der Waals surface area contributed by atoms with E-state index in [1.165, 1.54) is 20.2 Å². The lowest BCUT2D eigenvalue weighted by Gasteiger charge is -2.27. The highest BCUT2D eigenvalue weighted by Gasteiger charge is 2.33.